The minimum Gasteiger partial charge on any atom is -0.387 e. The van der Waals surface area contributed by atoms with Crippen LogP contribution in [0.15, 0.2) is 35.7 Å². The highest BCUT2D eigenvalue weighted by Crippen LogP contribution is 2.29. The summed E-state index contributed by atoms with van der Waals surface area (Å²) in [6.07, 6.45) is 0.159. The summed E-state index contributed by atoms with van der Waals surface area (Å²) in [5.74, 6) is 0. The zero-order valence-electron chi connectivity index (χ0n) is 9.96. The van der Waals surface area contributed by atoms with Crippen LogP contribution in [0.25, 0.3) is 10.2 Å². The molecule has 0 saturated heterocycles. The third-order valence-corrected chi connectivity index (χ3v) is 5.09. The van der Waals surface area contributed by atoms with Crippen LogP contribution in [-0.4, -0.2) is 10.1 Å². The SMILES string of the molecule is Cc1ccsc1C(O)Cc1nc2ccccc2s1. The monoisotopic (exact) mass is 275 g/mol. The highest BCUT2D eigenvalue weighted by Gasteiger charge is 2.15. The molecule has 0 spiro atoms. The molecule has 1 aromatic carbocycles. The molecule has 4 heteroatoms. The van der Waals surface area contributed by atoms with Crippen molar-refractivity contribution in [2.75, 3.05) is 0 Å². The van der Waals surface area contributed by atoms with Gasteiger partial charge >= 0.3 is 0 Å². The largest absolute Gasteiger partial charge is 0.387 e. The van der Waals surface area contributed by atoms with E-state index in [9.17, 15) is 5.11 Å². The molecule has 0 saturated carbocycles. The van der Waals surface area contributed by atoms with Crippen LogP contribution in [0.2, 0.25) is 0 Å². The van der Waals surface area contributed by atoms with Crippen molar-refractivity contribution in [1.29, 1.82) is 0 Å². The van der Waals surface area contributed by atoms with E-state index in [0.717, 1.165) is 21.0 Å². The van der Waals surface area contributed by atoms with Crippen LogP contribution >= 0.6 is 22.7 Å². The van der Waals surface area contributed by atoms with Crippen molar-refractivity contribution < 1.29 is 5.11 Å². The first-order valence-corrected chi connectivity index (χ1v) is 7.50. The van der Waals surface area contributed by atoms with E-state index < -0.39 is 6.10 Å². The van der Waals surface area contributed by atoms with E-state index in [2.05, 4.69) is 11.1 Å². The number of nitrogens with zero attached hydrogens (tertiary/aromatic N) is 1. The van der Waals surface area contributed by atoms with Crippen molar-refractivity contribution >= 4 is 32.9 Å². The quantitative estimate of drug-likeness (QED) is 0.785. The molecule has 3 rings (SSSR count). The molecule has 1 N–H and O–H groups in total. The molecule has 3 aromatic rings. The Morgan fingerprint density at radius 1 is 1.28 bits per heavy atom. The number of benzene rings is 1. The molecule has 0 fully saturated rings. The molecule has 0 aliphatic carbocycles. The Labute approximate surface area is 114 Å². The Morgan fingerprint density at radius 2 is 2.11 bits per heavy atom. The maximum absolute atomic E-state index is 10.2. The first-order valence-electron chi connectivity index (χ1n) is 5.80. The highest BCUT2D eigenvalue weighted by molar-refractivity contribution is 7.18. The summed E-state index contributed by atoms with van der Waals surface area (Å²) in [7, 11) is 0. The topological polar surface area (TPSA) is 33.1 Å². The average Bonchev–Trinajstić information content (AvgIpc) is 2.94. The average molecular weight is 275 g/mol. The number of thiazole rings is 1. The van der Waals surface area contributed by atoms with E-state index in [1.54, 1.807) is 22.7 Å². The standard InChI is InChI=1S/C14H13NOS2/c1-9-6-7-17-14(9)11(16)8-13-15-10-4-2-3-5-12(10)18-13/h2-7,11,16H,8H2,1H3. The maximum Gasteiger partial charge on any atom is 0.0968 e. The first-order chi connectivity index (χ1) is 8.74. The second-order valence-electron chi connectivity index (χ2n) is 4.26. The number of thiophene rings is 1. The number of hydrogen-bond acceptors (Lipinski definition) is 4. The molecule has 1 unspecified atom stereocenters. The van der Waals surface area contributed by atoms with Crippen molar-refractivity contribution in [1.82, 2.24) is 4.98 Å². The van der Waals surface area contributed by atoms with Crippen LogP contribution in [0, 0.1) is 6.92 Å². The van der Waals surface area contributed by atoms with Gasteiger partial charge in [0.1, 0.15) is 0 Å². The fourth-order valence-electron chi connectivity index (χ4n) is 1.99. The number of aryl methyl sites for hydroxylation is 1. The van der Waals surface area contributed by atoms with Crippen molar-refractivity contribution in [3.05, 3.63) is 51.2 Å². The molecule has 92 valence electrons. The van der Waals surface area contributed by atoms with Gasteiger partial charge in [-0.05, 0) is 36.1 Å². The molecule has 0 radical (unpaired) electrons. The number of rotatable bonds is 3. The minimum atomic E-state index is -0.439. The first kappa shape index (κ1) is 11.8. The summed E-state index contributed by atoms with van der Waals surface area (Å²) in [4.78, 5) is 5.61. The van der Waals surface area contributed by atoms with Gasteiger partial charge in [0.2, 0.25) is 0 Å². The lowest BCUT2D eigenvalue weighted by molar-refractivity contribution is 0.181. The van der Waals surface area contributed by atoms with Gasteiger partial charge in [0.05, 0.1) is 21.3 Å². The van der Waals surface area contributed by atoms with E-state index >= 15 is 0 Å². The van der Waals surface area contributed by atoms with Crippen LogP contribution < -0.4 is 0 Å². The number of aromatic nitrogens is 1. The predicted octanol–water partition coefficient (Wildman–Crippen LogP) is 3.94. The van der Waals surface area contributed by atoms with Gasteiger partial charge in [-0.3, -0.25) is 0 Å². The summed E-state index contributed by atoms with van der Waals surface area (Å²) in [6.45, 7) is 2.04. The van der Waals surface area contributed by atoms with Gasteiger partial charge in [0, 0.05) is 11.3 Å². The number of aliphatic hydroxyl groups is 1. The molecule has 0 bridgehead atoms. The Balaban J connectivity index is 1.86. The van der Waals surface area contributed by atoms with Crippen molar-refractivity contribution in [2.24, 2.45) is 0 Å². The Bertz CT molecular complexity index is 638. The lowest BCUT2D eigenvalue weighted by atomic mass is 10.1. The Kier molecular flexibility index (Phi) is 3.16. The second kappa shape index (κ2) is 4.80. The van der Waals surface area contributed by atoms with Gasteiger partial charge in [-0.2, -0.15) is 0 Å². The molecule has 1 atom stereocenters. The van der Waals surface area contributed by atoms with Crippen LogP contribution in [0.1, 0.15) is 21.6 Å². The maximum atomic E-state index is 10.2. The lowest BCUT2D eigenvalue weighted by Crippen LogP contribution is -2.00. The van der Waals surface area contributed by atoms with Crippen LogP contribution in [0.5, 0.6) is 0 Å². The molecule has 0 amide bonds. The highest BCUT2D eigenvalue weighted by atomic mass is 32.1. The molecule has 0 aliphatic rings. The third kappa shape index (κ3) is 2.19. The number of hydrogen-bond donors (Lipinski definition) is 1. The van der Waals surface area contributed by atoms with E-state index in [1.165, 1.54) is 4.70 Å². The van der Waals surface area contributed by atoms with Crippen LogP contribution in [0.3, 0.4) is 0 Å². The predicted molar refractivity (Wildman–Crippen MR) is 77.3 cm³/mol. The second-order valence-corrected chi connectivity index (χ2v) is 6.33. The normalized spacial score (nSPS) is 13.0. The molecule has 0 aliphatic heterocycles. The summed E-state index contributed by atoms with van der Waals surface area (Å²) >= 11 is 3.27. The smallest absolute Gasteiger partial charge is 0.0968 e. The Morgan fingerprint density at radius 3 is 2.83 bits per heavy atom. The molecule has 18 heavy (non-hydrogen) atoms. The van der Waals surface area contributed by atoms with E-state index in [0.29, 0.717) is 6.42 Å². The fourth-order valence-corrected chi connectivity index (χ4v) is 3.91. The molecule has 2 aromatic heterocycles. The van der Waals surface area contributed by atoms with Gasteiger partial charge in [0.15, 0.2) is 0 Å². The van der Waals surface area contributed by atoms with Crippen LogP contribution in [0.4, 0.5) is 0 Å². The zero-order chi connectivity index (χ0) is 12.5. The summed E-state index contributed by atoms with van der Waals surface area (Å²) < 4.78 is 1.18. The van der Waals surface area contributed by atoms with Gasteiger partial charge in [0.25, 0.3) is 0 Å². The van der Waals surface area contributed by atoms with Gasteiger partial charge in [-0.1, -0.05) is 12.1 Å². The summed E-state index contributed by atoms with van der Waals surface area (Å²) in [6, 6.07) is 10.1. The number of aliphatic hydroxyl groups excluding tert-OH is 1. The van der Waals surface area contributed by atoms with E-state index in [-0.39, 0.29) is 0 Å². The number of fused-ring (bicyclic) bond motifs is 1. The van der Waals surface area contributed by atoms with Crippen molar-refractivity contribution in [2.45, 2.75) is 19.4 Å². The van der Waals surface area contributed by atoms with E-state index in [1.807, 2.05) is 36.6 Å². The third-order valence-electron chi connectivity index (χ3n) is 2.91. The molecule has 2 heterocycles. The van der Waals surface area contributed by atoms with E-state index in [4.69, 9.17) is 0 Å². The number of para-hydroxylation sites is 1. The molecular formula is C14H13NOS2. The van der Waals surface area contributed by atoms with Crippen molar-refractivity contribution in [3.8, 4) is 0 Å². The summed E-state index contributed by atoms with van der Waals surface area (Å²) in [5, 5.41) is 13.3. The van der Waals surface area contributed by atoms with Crippen molar-refractivity contribution in [3.63, 3.8) is 0 Å². The zero-order valence-corrected chi connectivity index (χ0v) is 11.6. The fraction of sp³-hybridized carbons (Fsp3) is 0.214. The minimum absolute atomic E-state index is 0.439. The van der Waals surface area contributed by atoms with Gasteiger partial charge < -0.3 is 5.11 Å². The summed E-state index contributed by atoms with van der Waals surface area (Å²) in [5.41, 5.74) is 2.18. The van der Waals surface area contributed by atoms with Gasteiger partial charge in [-0.15, -0.1) is 22.7 Å². The molecule has 2 nitrogen and oxygen atoms in total. The van der Waals surface area contributed by atoms with Gasteiger partial charge in [-0.25, -0.2) is 4.98 Å². The molecular weight excluding hydrogens is 262 g/mol. The Hall–Kier alpha value is -1.23. The lowest BCUT2D eigenvalue weighted by Gasteiger charge is -2.07. The van der Waals surface area contributed by atoms with Crippen LogP contribution in [-0.2, 0) is 6.42 Å².